The van der Waals surface area contributed by atoms with Crippen LogP contribution in [0.3, 0.4) is 0 Å². The summed E-state index contributed by atoms with van der Waals surface area (Å²) in [6, 6.07) is 8.76. The van der Waals surface area contributed by atoms with Crippen molar-refractivity contribution in [2.45, 2.75) is 31.4 Å². The Morgan fingerprint density at radius 2 is 2.11 bits per heavy atom. The fourth-order valence-corrected chi connectivity index (χ4v) is 3.68. The van der Waals surface area contributed by atoms with E-state index in [-0.39, 0.29) is 0 Å². The molecule has 1 aliphatic carbocycles. The molecule has 0 spiro atoms. The number of anilines is 1. The number of fused-ring (bicyclic) bond motifs is 1. The number of benzene rings is 1. The lowest BCUT2D eigenvalue weighted by molar-refractivity contribution is 0.0898. The molecule has 1 saturated carbocycles. The van der Waals surface area contributed by atoms with Crippen LogP contribution in [-0.4, -0.2) is 23.7 Å². The first kappa shape index (κ1) is 10.8. The maximum Gasteiger partial charge on any atom is 0.184 e. The molecule has 4 heteroatoms. The lowest BCUT2D eigenvalue weighted by atomic mass is 10.1. The SMILES string of the molecule is c1ccc2sc(NC3CCOC3C3CC3)nc2c1. The van der Waals surface area contributed by atoms with Gasteiger partial charge in [0.15, 0.2) is 5.13 Å². The molecule has 2 aromatic rings. The van der Waals surface area contributed by atoms with Gasteiger partial charge in [-0.1, -0.05) is 23.5 Å². The van der Waals surface area contributed by atoms with Crippen LogP contribution >= 0.6 is 11.3 Å². The van der Waals surface area contributed by atoms with E-state index in [1.54, 1.807) is 11.3 Å². The molecule has 1 saturated heterocycles. The molecule has 0 amide bonds. The molecule has 1 N–H and O–H groups in total. The predicted molar refractivity (Wildman–Crippen MR) is 74.1 cm³/mol. The second-order valence-corrected chi connectivity index (χ2v) is 6.23. The van der Waals surface area contributed by atoms with Crippen LogP contribution in [0, 0.1) is 5.92 Å². The van der Waals surface area contributed by atoms with Gasteiger partial charge >= 0.3 is 0 Å². The molecule has 0 radical (unpaired) electrons. The van der Waals surface area contributed by atoms with Crippen molar-refractivity contribution in [3.8, 4) is 0 Å². The Hall–Kier alpha value is -1.13. The summed E-state index contributed by atoms with van der Waals surface area (Å²) in [5.41, 5.74) is 1.09. The minimum absolute atomic E-state index is 0.414. The van der Waals surface area contributed by atoms with Gasteiger partial charge in [-0.25, -0.2) is 4.98 Å². The van der Waals surface area contributed by atoms with E-state index in [2.05, 4.69) is 28.5 Å². The van der Waals surface area contributed by atoms with Crippen LogP contribution in [0.5, 0.6) is 0 Å². The summed E-state index contributed by atoms with van der Waals surface area (Å²) in [6.07, 6.45) is 4.19. The summed E-state index contributed by atoms with van der Waals surface area (Å²) in [5, 5.41) is 4.62. The lowest BCUT2D eigenvalue weighted by Gasteiger charge is -2.18. The highest BCUT2D eigenvalue weighted by Crippen LogP contribution is 2.40. The first-order valence-electron chi connectivity index (χ1n) is 6.64. The van der Waals surface area contributed by atoms with Gasteiger partial charge in [-0.15, -0.1) is 0 Å². The third-order valence-corrected chi connectivity index (χ3v) is 4.79. The summed E-state index contributed by atoms with van der Waals surface area (Å²) in [6.45, 7) is 0.893. The van der Waals surface area contributed by atoms with Crippen molar-refractivity contribution in [2.75, 3.05) is 11.9 Å². The summed E-state index contributed by atoms with van der Waals surface area (Å²) >= 11 is 1.74. The Morgan fingerprint density at radius 1 is 1.22 bits per heavy atom. The normalized spacial score (nSPS) is 27.8. The van der Waals surface area contributed by atoms with Gasteiger partial charge in [0.1, 0.15) is 0 Å². The Kier molecular flexibility index (Phi) is 2.52. The van der Waals surface area contributed by atoms with Crippen LogP contribution in [0.15, 0.2) is 24.3 Å². The molecule has 3 nitrogen and oxygen atoms in total. The molecule has 2 atom stereocenters. The van der Waals surface area contributed by atoms with Crippen molar-refractivity contribution in [3.05, 3.63) is 24.3 Å². The van der Waals surface area contributed by atoms with Gasteiger partial charge in [-0.2, -0.15) is 0 Å². The monoisotopic (exact) mass is 260 g/mol. The number of nitrogens with zero attached hydrogens (tertiary/aromatic N) is 1. The Morgan fingerprint density at radius 3 is 2.94 bits per heavy atom. The van der Waals surface area contributed by atoms with Gasteiger partial charge in [0.25, 0.3) is 0 Å². The van der Waals surface area contributed by atoms with Gasteiger partial charge < -0.3 is 10.1 Å². The molecular weight excluding hydrogens is 244 g/mol. The molecule has 1 aromatic carbocycles. The van der Waals surface area contributed by atoms with E-state index in [1.807, 2.05) is 6.07 Å². The third kappa shape index (κ3) is 1.89. The highest BCUT2D eigenvalue weighted by atomic mass is 32.1. The number of ether oxygens (including phenoxy) is 1. The van der Waals surface area contributed by atoms with E-state index in [0.717, 1.165) is 29.6 Å². The van der Waals surface area contributed by atoms with E-state index in [9.17, 15) is 0 Å². The van der Waals surface area contributed by atoms with Crippen LogP contribution < -0.4 is 5.32 Å². The van der Waals surface area contributed by atoms with Gasteiger partial charge in [0, 0.05) is 6.61 Å². The highest BCUT2D eigenvalue weighted by molar-refractivity contribution is 7.22. The first-order chi connectivity index (χ1) is 8.90. The number of thiazole rings is 1. The van der Waals surface area contributed by atoms with E-state index in [0.29, 0.717) is 12.1 Å². The molecule has 4 rings (SSSR count). The summed E-state index contributed by atoms with van der Waals surface area (Å²) in [5.74, 6) is 0.791. The number of rotatable bonds is 3. The lowest BCUT2D eigenvalue weighted by Crippen LogP contribution is -2.30. The summed E-state index contributed by atoms with van der Waals surface area (Å²) in [7, 11) is 0. The average Bonchev–Trinajstić information content (AvgIpc) is 2.98. The van der Waals surface area contributed by atoms with Crippen LogP contribution in [0.2, 0.25) is 0 Å². The fourth-order valence-electron chi connectivity index (χ4n) is 2.75. The first-order valence-corrected chi connectivity index (χ1v) is 7.45. The van der Waals surface area contributed by atoms with E-state index < -0.39 is 0 Å². The zero-order chi connectivity index (χ0) is 11.9. The molecular formula is C14H16N2OS. The van der Waals surface area contributed by atoms with E-state index in [1.165, 1.54) is 17.5 Å². The van der Waals surface area contributed by atoms with Crippen LogP contribution in [0.4, 0.5) is 5.13 Å². The van der Waals surface area contributed by atoms with Crippen molar-refractivity contribution in [1.29, 1.82) is 0 Å². The van der Waals surface area contributed by atoms with E-state index >= 15 is 0 Å². The second-order valence-electron chi connectivity index (χ2n) is 5.20. The number of aromatic nitrogens is 1. The standard InChI is InChI=1S/C14H16N2OS/c1-2-4-12-10(3-1)15-14(18-12)16-11-7-8-17-13(11)9-5-6-9/h1-4,9,11,13H,5-8H2,(H,15,16). The van der Waals surface area contributed by atoms with Crippen LogP contribution in [0.1, 0.15) is 19.3 Å². The maximum atomic E-state index is 5.85. The van der Waals surface area contributed by atoms with E-state index in [4.69, 9.17) is 4.74 Å². The Labute approximate surface area is 110 Å². The minimum atomic E-state index is 0.414. The van der Waals surface area contributed by atoms with Crippen molar-refractivity contribution in [3.63, 3.8) is 0 Å². The van der Waals surface area contributed by atoms with Crippen molar-refractivity contribution < 1.29 is 4.74 Å². The maximum absolute atomic E-state index is 5.85. The largest absolute Gasteiger partial charge is 0.376 e. The molecule has 2 fully saturated rings. The highest BCUT2D eigenvalue weighted by Gasteiger charge is 2.40. The number of hydrogen-bond donors (Lipinski definition) is 1. The van der Waals surface area contributed by atoms with Crippen molar-refractivity contribution in [2.24, 2.45) is 5.92 Å². The van der Waals surface area contributed by atoms with Gasteiger partial charge in [-0.3, -0.25) is 0 Å². The number of para-hydroxylation sites is 1. The number of hydrogen-bond acceptors (Lipinski definition) is 4. The predicted octanol–water partition coefficient (Wildman–Crippen LogP) is 3.28. The summed E-state index contributed by atoms with van der Waals surface area (Å²) < 4.78 is 7.10. The molecule has 1 aromatic heterocycles. The molecule has 94 valence electrons. The minimum Gasteiger partial charge on any atom is -0.376 e. The zero-order valence-electron chi connectivity index (χ0n) is 10.1. The average molecular weight is 260 g/mol. The quantitative estimate of drug-likeness (QED) is 0.919. The molecule has 0 bridgehead atoms. The molecule has 2 aliphatic rings. The van der Waals surface area contributed by atoms with Gasteiger partial charge in [-0.05, 0) is 37.3 Å². The molecule has 2 unspecified atom stereocenters. The fraction of sp³-hybridized carbons (Fsp3) is 0.500. The molecule has 18 heavy (non-hydrogen) atoms. The Balaban J connectivity index is 1.56. The van der Waals surface area contributed by atoms with Gasteiger partial charge in [0.2, 0.25) is 0 Å². The number of nitrogens with one attached hydrogen (secondary N) is 1. The third-order valence-electron chi connectivity index (χ3n) is 3.83. The van der Waals surface area contributed by atoms with Gasteiger partial charge in [0.05, 0.1) is 22.4 Å². The van der Waals surface area contributed by atoms with Crippen LogP contribution in [0.25, 0.3) is 10.2 Å². The smallest absolute Gasteiger partial charge is 0.184 e. The van der Waals surface area contributed by atoms with Crippen molar-refractivity contribution >= 4 is 26.7 Å². The molecule has 2 heterocycles. The summed E-state index contributed by atoms with van der Waals surface area (Å²) in [4.78, 5) is 4.64. The second kappa shape index (κ2) is 4.21. The van der Waals surface area contributed by atoms with Crippen molar-refractivity contribution in [1.82, 2.24) is 4.98 Å². The van der Waals surface area contributed by atoms with Crippen LogP contribution in [-0.2, 0) is 4.74 Å². The topological polar surface area (TPSA) is 34.1 Å². The molecule has 1 aliphatic heterocycles. The zero-order valence-corrected chi connectivity index (χ0v) is 11.0. The Bertz CT molecular complexity index is 531.